The van der Waals surface area contributed by atoms with E-state index >= 15 is 0 Å². The molecule has 2 fully saturated rings. The number of allylic oxidation sites excluding steroid dienone is 4. The summed E-state index contributed by atoms with van der Waals surface area (Å²) in [4.78, 5) is 12.6. The van der Waals surface area contributed by atoms with Gasteiger partial charge in [-0.15, -0.1) is 4.36 Å². The molecule has 0 radical (unpaired) electrons. The summed E-state index contributed by atoms with van der Waals surface area (Å²) in [5, 5.41) is 18.6. The van der Waals surface area contributed by atoms with Crippen LogP contribution in [0.4, 0.5) is 4.79 Å². The van der Waals surface area contributed by atoms with Gasteiger partial charge in [-0.3, -0.25) is 0 Å². The highest BCUT2D eigenvalue weighted by Crippen LogP contribution is 2.47. The molecule has 3 atom stereocenters. The van der Waals surface area contributed by atoms with Gasteiger partial charge in [-0.1, -0.05) is 12.5 Å². The smallest absolute Gasteiger partial charge is 0.354 e. The summed E-state index contributed by atoms with van der Waals surface area (Å²) in [6, 6.07) is 0.668. The average Bonchev–Trinajstić information content (AvgIpc) is 3.33. The van der Waals surface area contributed by atoms with Crippen molar-refractivity contribution >= 4 is 15.9 Å². The number of carbonyl (C=O) groups excluding carboxylic acids is 1. The van der Waals surface area contributed by atoms with Gasteiger partial charge in [-0.05, 0) is 63.0 Å². The van der Waals surface area contributed by atoms with Gasteiger partial charge in [0, 0.05) is 23.2 Å². The van der Waals surface area contributed by atoms with E-state index in [1.54, 1.807) is 13.8 Å². The number of urea groups is 1. The highest BCUT2D eigenvalue weighted by atomic mass is 32.2. The van der Waals surface area contributed by atoms with E-state index in [-0.39, 0.29) is 5.09 Å². The molecule has 8 heteroatoms. The predicted molar refractivity (Wildman–Crippen MR) is 105 cm³/mol. The number of rotatable bonds is 3. The van der Waals surface area contributed by atoms with E-state index < -0.39 is 21.5 Å². The van der Waals surface area contributed by atoms with Crippen LogP contribution in [-0.4, -0.2) is 15.3 Å². The molecule has 1 heterocycles. The second-order valence-electron chi connectivity index (χ2n) is 8.44. The molecule has 3 unspecified atom stereocenters. The lowest BCUT2D eigenvalue weighted by atomic mass is 9.82. The number of fused-ring (bicyclic) bond motifs is 2. The molecular formula is C20H27N3O4S. The summed E-state index contributed by atoms with van der Waals surface area (Å²) >= 11 is 0. The number of hydrogen-bond donors (Lipinski definition) is 3. The van der Waals surface area contributed by atoms with Gasteiger partial charge in [0.25, 0.3) is 0 Å². The lowest BCUT2D eigenvalue weighted by Gasteiger charge is -2.28. The van der Waals surface area contributed by atoms with Crippen molar-refractivity contribution in [3.05, 3.63) is 40.8 Å². The number of hydrogen-bond acceptors (Lipinski definition) is 4. The molecule has 3 aliphatic carbocycles. The third-order valence-electron chi connectivity index (χ3n) is 5.97. The Bertz CT molecular complexity index is 989. The first-order valence-corrected chi connectivity index (χ1v) is 11.3. The molecule has 4 rings (SSSR count). The Morgan fingerprint density at radius 2 is 2.14 bits per heavy atom. The van der Waals surface area contributed by atoms with Gasteiger partial charge in [0.15, 0.2) is 9.92 Å². The first kappa shape index (κ1) is 19.4. The first-order valence-electron chi connectivity index (χ1n) is 9.76. The summed E-state index contributed by atoms with van der Waals surface area (Å²) < 4.78 is 21.7. The number of amides is 2. The minimum absolute atomic E-state index is 0.124. The number of furan rings is 1. The van der Waals surface area contributed by atoms with E-state index in [1.807, 2.05) is 0 Å². The van der Waals surface area contributed by atoms with Crippen LogP contribution < -0.4 is 10.5 Å². The SMILES string of the molecule is CC(C)(O)c1coc(S(N)(=O)=NC(=O)NC2=C3CCCC3=CC3CCCC23)c1. The minimum Gasteiger partial charge on any atom is -0.453 e. The summed E-state index contributed by atoms with van der Waals surface area (Å²) in [6.07, 6.45) is 10.1. The van der Waals surface area contributed by atoms with Crippen molar-refractivity contribution in [1.82, 2.24) is 5.32 Å². The van der Waals surface area contributed by atoms with Gasteiger partial charge in [0.05, 0.1) is 11.9 Å². The highest BCUT2D eigenvalue weighted by Gasteiger charge is 2.37. The molecule has 2 amide bonds. The summed E-state index contributed by atoms with van der Waals surface area (Å²) in [7, 11) is -3.55. The van der Waals surface area contributed by atoms with E-state index in [1.165, 1.54) is 23.5 Å². The zero-order chi connectivity index (χ0) is 20.1. The van der Waals surface area contributed by atoms with Crippen LogP contribution in [0, 0.1) is 11.8 Å². The van der Waals surface area contributed by atoms with Gasteiger partial charge in [0.1, 0.15) is 0 Å². The monoisotopic (exact) mass is 405 g/mol. The van der Waals surface area contributed by atoms with Crippen LogP contribution >= 0.6 is 0 Å². The third kappa shape index (κ3) is 3.56. The molecule has 7 nitrogen and oxygen atoms in total. The maximum Gasteiger partial charge on any atom is 0.354 e. The van der Waals surface area contributed by atoms with Crippen molar-refractivity contribution in [3.63, 3.8) is 0 Å². The summed E-state index contributed by atoms with van der Waals surface area (Å²) in [5.41, 5.74) is 2.75. The second kappa shape index (κ2) is 6.86. The van der Waals surface area contributed by atoms with Crippen LogP contribution in [0.1, 0.15) is 57.9 Å². The molecule has 152 valence electrons. The van der Waals surface area contributed by atoms with Crippen molar-refractivity contribution < 1.29 is 18.5 Å². The summed E-state index contributed by atoms with van der Waals surface area (Å²) in [5.74, 6) is 0.768. The van der Waals surface area contributed by atoms with Gasteiger partial charge in [0.2, 0.25) is 5.09 Å². The van der Waals surface area contributed by atoms with Gasteiger partial charge in [-0.2, -0.15) is 0 Å². The van der Waals surface area contributed by atoms with E-state index in [2.05, 4.69) is 15.8 Å². The Morgan fingerprint density at radius 3 is 2.86 bits per heavy atom. The van der Waals surface area contributed by atoms with E-state index in [0.29, 0.717) is 17.4 Å². The zero-order valence-corrected chi connectivity index (χ0v) is 17.1. The number of nitrogens with zero attached hydrogens (tertiary/aromatic N) is 1. The Kier molecular flexibility index (Phi) is 4.76. The van der Waals surface area contributed by atoms with Gasteiger partial charge >= 0.3 is 6.03 Å². The van der Waals surface area contributed by atoms with Crippen LogP contribution in [0.5, 0.6) is 0 Å². The minimum atomic E-state index is -3.55. The fraction of sp³-hybridized carbons (Fsp3) is 0.550. The van der Waals surface area contributed by atoms with Crippen molar-refractivity contribution in [1.29, 1.82) is 0 Å². The first-order chi connectivity index (χ1) is 13.1. The van der Waals surface area contributed by atoms with Crippen LogP contribution in [0.25, 0.3) is 0 Å². The van der Waals surface area contributed by atoms with Crippen LogP contribution in [0.3, 0.4) is 0 Å². The number of carbonyl (C=O) groups is 1. The molecule has 0 aromatic carbocycles. The lowest BCUT2D eigenvalue weighted by molar-refractivity contribution is 0.0779. The normalized spacial score (nSPS) is 26.4. The van der Waals surface area contributed by atoms with Gasteiger partial charge < -0.3 is 14.8 Å². The van der Waals surface area contributed by atoms with Crippen molar-refractivity contribution in [2.24, 2.45) is 21.3 Å². The fourth-order valence-corrected chi connectivity index (χ4v) is 5.42. The van der Waals surface area contributed by atoms with Crippen molar-refractivity contribution in [3.8, 4) is 0 Å². The molecule has 2 saturated carbocycles. The standard InChI is InChI=1S/C20H27N3O4S/c1-20(2,25)14-10-17(27-11-14)28(21,26)23-19(24)22-18-15-7-3-5-12(15)9-13-6-4-8-16(13)18/h9-12,15,25H,3-8H2,1-2H3,(H3,21,22,23,24,26). The van der Waals surface area contributed by atoms with E-state index in [9.17, 15) is 14.1 Å². The van der Waals surface area contributed by atoms with E-state index in [0.717, 1.165) is 44.2 Å². The van der Waals surface area contributed by atoms with Crippen molar-refractivity contribution in [2.75, 3.05) is 0 Å². The fourth-order valence-electron chi connectivity index (χ4n) is 4.55. The maximum absolute atomic E-state index is 12.8. The van der Waals surface area contributed by atoms with Gasteiger partial charge in [-0.25, -0.2) is 14.1 Å². The molecule has 0 spiro atoms. The number of aliphatic hydroxyl groups is 1. The van der Waals surface area contributed by atoms with Crippen molar-refractivity contribution in [2.45, 2.75) is 63.1 Å². The molecule has 1 aromatic rings. The number of nitrogens with one attached hydrogen (secondary N) is 1. The molecule has 0 aliphatic heterocycles. The lowest BCUT2D eigenvalue weighted by Crippen LogP contribution is -2.31. The topological polar surface area (TPSA) is 118 Å². The van der Waals surface area contributed by atoms with Crippen LogP contribution in [0.2, 0.25) is 0 Å². The average molecular weight is 406 g/mol. The second-order valence-corrected chi connectivity index (χ2v) is 10.2. The molecular weight excluding hydrogens is 378 g/mol. The molecule has 0 bridgehead atoms. The molecule has 28 heavy (non-hydrogen) atoms. The third-order valence-corrected chi connectivity index (χ3v) is 7.20. The highest BCUT2D eigenvalue weighted by molar-refractivity contribution is 7.91. The molecule has 1 aromatic heterocycles. The Labute approximate surface area is 165 Å². The summed E-state index contributed by atoms with van der Waals surface area (Å²) in [6.45, 7) is 3.15. The Hall–Kier alpha value is -1.90. The zero-order valence-electron chi connectivity index (χ0n) is 16.2. The molecule has 0 saturated heterocycles. The van der Waals surface area contributed by atoms with Crippen LogP contribution in [-0.2, 0) is 15.5 Å². The molecule has 3 aliphatic rings. The largest absolute Gasteiger partial charge is 0.453 e. The number of nitrogens with two attached hydrogens (primary N) is 1. The molecule has 4 N–H and O–H groups in total. The quantitative estimate of drug-likeness (QED) is 0.710. The van der Waals surface area contributed by atoms with E-state index in [4.69, 9.17) is 9.56 Å². The van der Waals surface area contributed by atoms with Crippen LogP contribution in [0.15, 0.2) is 49.1 Å². The maximum atomic E-state index is 12.8. The Morgan fingerprint density at radius 1 is 1.36 bits per heavy atom. The Balaban J connectivity index is 1.60. The predicted octanol–water partition coefficient (Wildman–Crippen LogP) is 3.71.